The molecule has 0 aromatic carbocycles. The number of carboxylic acids is 1. The van der Waals surface area contributed by atoms with Crippen LogP contribution in [0.5, 0.6) is 0 Å². The van der Waals surface area contributed by atoms with Crippen LogP contribution in [0.3, 0.4) is 0 Å². The summed E-state index contributed by atoms with van der Waals surface area (Å²) in [6.45, 7) is 3.75. The summed E-state index contributed by atoms with van der Waals surface area (Å²) in [5.41, 5.74) is 3.42. The molecule has 0 aliphatic rings. The van der Waals surface area contributed by atoms with E-state index in [4.69, 9.17) is 5.11 Å². The molecule has 4 heterocycles. The molecule has 0 saturated heterocycles. The second-order valence-corrected chi connectivity index (χ2v) is 6.06. The van der Waals surface area contributed by atoms with Crippen molar-refractivity contribution in [3.63, 3.8) is 0 Å². The van der Waals surface area contributed by atoms with Crippen molar-refractivity contribution in [1.29, 1.82) is 0 Å². The van der Waals surface area contributed by atoms with Crippen LogP contribution in [0.2, 0.25) is 0 Å². The summed E-state index contributed by atoms with van der Waals surface area (Å²) in [6.07, 6.45) is 7.00. The molecule has 9 nitrogen and oxygen atoms in total. The minimum atomic E-state index is -1.03. The van der Waals surface area contributed by atoms with Gasteiger partial charge in [0.2, 0.25) is 0 Å². The van der Waals surface area contributed by atoms with Crippen molar-refractivity contribution in [1.82, 2.24) is 29.4 Å². The van der Waals surface area contributed by atoms with E-state index in [0.29, 0.717) is 29.1 Å². The molecular formula is C18H16N6O3. The van der Waals surface area contributed by atoms with E-state index >= 15 is 0 Å². The van der Waals surface area contributed by atoms with E-state index in [0.717, 1.165) is 11.1 Å². The zero-order chi connectivity index (χ0) is 19.1. The van der Waals surface area contributed by atoms with Gasteiger partial charge < -0.3 is 5.11 Å². The number of rotatable bonds is 4. The van der Waals surface area contributed by atoms with E-state index in [9.17, 15) is 9.59 Å². The van der Waals surface area contributed by atoms with Crippen LogP contribution >= 0.6 is 0 Å². The first-order valence-corrected chi connectivity index (χ1v) is 8.34. The van der Waals surface area contributed by atoms with Crippen LogP contribution in [-0.2, 0) is 6.42 Å². The third kappa shape index (κ3) is 2.69. The number of carboxylic acid groups (broad SMARTS) is 1. The Bertz CT molecular complexity index is 1220. The molecule has 4 aromatic rings. The standard InChI is InChI=1S/C18H16N6O3/c1-3-13-10(2)22-16-14(8-21-24(16)17(13)25)12-7-20-23(9-12)15-5-4-11(6-19-15)18(26)27/h4-9,21H,3H2,1-2H3,(H,26,27). The molecule has 9 heteroatoms. The predicted molar refractivity (Wildman–Crippen MR) is 97.2 cm³/mol. The zero-order valence-electron chi connectivity index (χ0n) is 14.7. The van der Waals surface area contributed by atoms with Crippen LogP contribution in [0.4, 0.5) is 0 Å². The largest absolute Gasteiger partial charge is 0.478 e. The second kappa shape index (κ2) is 6.20. The molecule has 136 valence electrons. The number of aromatic nitrogens is 6. The van der Waals surface area contributed by atoms with Gasteiger partial charge in [0.05, 0.1) is 11.8 Å². The Morgan fingerprint density at radius 1 is 1.30 bits per heavy atom. The topological polar surface area (TPSA) is 118 Å². The van der Waals surface area contributed by atoms with E-state index in [1.165, 1.54) is 21.5 Å². The fraction of sp³-hybridized carbons (Fsp3) is 0.167. The monoisotopic (exact) mass is 364 g/mol. The maximum Gasteiger partial charge on any atom is 0.337 e. The van der Waals surface area contributed by atoms with Gasteiger partial charge in [0, 0.05) is 41.0 Å². The number of aromatic carboxylic acids is 1. The van der Waals surface area contributed by atoms with Crippen LogP contribution in [0, 0.1) is 6.92 Å². The van der Waals surface area contributed by atoms with Crippen molar-refractivity contribution >= 4 is 11.6 Å². The molecule has 0 amide bonds. The van der Waals surface area contributed by atoms with Crippen molar-refractivity contribution in [2.75, 3.05) is 0 Å². The van der Waals surface area contributed by atoms with Gasteiger partial charge in [0.1, 0.15) is 0 Å². The number of nitrogens with zero attached hydrogens (tertiary/aromatic N) is 5. The summed E-state index contributed by atoms with van der Waals surface area (Å²) >= 11 is 0. The summed E-state index contributed by atoms with van der Waals surface area (Å²) in [4.78, 5) is 32.2. The highest BCUT2D eigenvalue weighted by atomic mass is 16.4. The number of hydrogen-bond acceptors (Lipinski definition) is 5. The highest BCUT2D eigenvalue weighted by Gasteiger charge is 2.15. The summed E-state index contributed by atoms with van der Waals surface area (Å²) < 4.78 is 2.97. The van der Waals surface area contributed by atoms with E-state index in [1.807, 2.05) is 13.8 Å². The van der Waals surface area contributed by atoms with Crippen molar-refractivity contribution < 1.29 is 9.90 Å². The highest BCUT2D eigenvalue weighted by Crippen LogP contribution is 2.23. The van der Waals surface area contributed by atoms with E-state index in [-0.39, 0.29) is 11.1 Å². The Morgan fingerprint density at radius 3 is 2.78 bits per heavy atom. The molecule has 0 fully saturated rings. The lowest BCUT2D eigenvalue weighted by atomic mass is 10.1. The number of H-pyrrole nitrogens is 1. The van der Waals surface area contributed by atoms with E-state index in [1.54, 1.807) is 24.7 Å². The minimum absolute atomic E-state index is 0.105. The average Bonchev–Trinajstić information content (AvgIpc) is 3.29. The van der Waals surface area contributed by atoms with Crippen LogP contribution in [-0.4, -0.2) is 40.4 Å². The van der Waals surface area contributed by atoms with Gasteiger partial charge in [0.25, 0.3) is 5.56 Å². The molecule has 0 saturated carbocycles. The fourth-order valence-corrected chi connectivity index (χ4v) is 3.01. The predicted octanol–water partition coefficient (Wildman–Crippen LogP) is 1.84. The number of fused-ring (bicyclic) bond motifs is 1. The van der Waals surface area contributed by atoms with Crippen LogP contribution in [0.15, 0.2) is 41.7 Å². The molecule has 0 atom stereocenters. The number of hydrogen-bond donors (Lipinski definition) is 2. The van der Waals surface area contributed by atoms with Crippen molar-refractivity contribution in [3.8, 4) is 16.9 Å². The molecule has 0 radical (unpaired) electrons. The van der Waals surface area contributed by atoms with Gasteiger partial charge in [-0.2, -0.15) is 5.10 Å². The van der Waals surface area contributed by atoms with Gasteiger partial charge in [-0.1, -0.05) is 6.92 Å². The Morgan fingerprint density at radius 2 is 2.11 bits per heavy atom. The van der Waals surface area contributed by atoms with E-state index < -0.39 is 5.97 Å². The number of pyridine rings is 1. The van der Waals surface area contributed by atoms with Gasteiger partial charge in [-0.05, 0) is 25.5 Å². The lowest BCUT2D eigenvalue weighted by molar-refractivity contribution is 0.0696. The number of aryl methyl sites for hydroxylation is 1. The summed E-state index contributed by atoms with van der Waals surface area (Å²) in [5, 5.41) is 16.2. The second-order valence-electron chi connectivity index (χ2n) is 6.06. The molecule has 2 N–H and O–H groups in total. The first kappa shape index (κ1) is 16.7. The Balaban J connectivity index is 1.77. The number of carbonyl (C=O) groups is 1. The third-order valence-electron chi connectivity index (χ3n) is 4.44. The number of aromatic amines is 1. The quantitative estimate of drug-likeness (QED) is 0.570. The smallest absolute Gasteiger partial charge is 0.337 e. The molecule has 27 heavy (non-hydrogen) atoms. The molecule has 4 rings (SSSR count). The third-order valence-corrected chi connectivity index (χ3v) is 4.44. The molecule has 0 unspecified atom stereocenters. The molecule has 0 aliphatic carbocycles. The molecule has 0 bridgehead atoms. The average molecular weight is 364 g/mol. The Hall–Kier alpha value is -3.75. The van der Waals surface area contributed by atoms with Gasteiger partial charge in [-0.3, -0.25) is 9.89 Å². The molecule has 0 spiro atoms. The van der Waals surface area contributed by atoms with Crippen molar-refractivity contribution in [2.45, 2.75) is 20.3 Å². The van der Waals surface area contributed by atoms with Crippen LogP contribution < -0.4 is 5.56 Å². The van der Waals surface area contributed by atoms with E-state index in [2.05, 4.69) is 20.2 Å². The Kier molecular flexibility index (Phi) is 3.84. The minimum Gasteiger partial charge on any atom is -0.478 e. The van der Waals surface area contributed by atoms with Gasteiger partial charge >= 0.3 is 5.97 Å². The Labute approximate surface area is 152 Å². The number of nitrogens with one attached hydrogen (secondary N) is 1. The van der Waals surface area contributed by atoms with Crippen LogP contribution in [0.25, 0.3) is 22.6 Å². The zero-order valence-corrected chi connectivity index (χ0v) is 14.7. The molecular weight excluding hydrogens is 348 g/mol. The maximum absolute atomic E-state index is 12.6. The van der Waals surface area contributed by atoms with Crippen LogP contribution in [0.1, 0.15) is 28.5 Å². The maximum atomic E-state index is 12.6. The highest BCUT2D eigenvalue weighted by molar-refractivity contribution is 5.87. The lowest BCUT2D eigenvalue weighted by Crippen LogP contribution is -2.21. The lowest BCUT2D eigenvalue weighted by Gasteiger charge is -2.03. The molecule has 0 aliphatic heterocycles. The van der Waals surface area contributed by atoms with Crippen molar-refractivity contribution in [2.24, 2.45) is 0 Å². The summed E-state index contributed by atoms with van der Waals surface area (Å²) in [5.74, 6) is -0.548. The van der Waals surface area contributed by atoms with Gasteiger partial charge in [-0.15, -0.1) is 0 Å². The van der Waals surface area contributed by atoms with Crippen molar-refractivity contribution in [3.05, 3.63) is 64.1 Å². The SMILES string of the molecule is CCc1c(C)nc2c(-c3cnn(-c4ccc(C(=O)O)cn4)c3)c[nH]n2c1=O. The van der Waals surface area contributed by atoms with Gasteiger partial charge in [0.15, 0.2) is 11.5 Å². The van der Waals surface area contributed by atoms with Gasteiger partial charge in [-0.25, -0.2) is 24.0 Å². The first-order valence-electron chi connectivity index (χ1n) is 8.34. The molecule has 4 aromatic heterocycles. The normalized spacial score (nSPS) is 11.2. The fourth-order valence-electron chi connectivity index (χ4n) is 3.01. The first-order chi connectivity index (χ1) is 13.0. The summed E-state index contributed by atoms with van der Waals surface area (Å²) in [6, 6.07) is 3.05. The summed E-state index contributed by atoms with van der Waals surface area (Å²) in [7, 11) is 0.